The standard InChI is InChI=1S/C17H19N5O4S/c18-21-10-20-12-3-1-2-11(8-12)17(26)19-9-14(23)22-15-6-4-13(27-15)5-7-16(24)25/h1-4,6,8,10H,5,7,9,18H2,(H,19,26)(H,20,21)(H,22,23)(H,24,25). The van der Waals surface area contributed by atoms with E-state index in [9.17, 15) is 14.4 Å². The van der Waals surface area contributed by atoms with Gasteiger partial charge >= 0.3 is 5.97 Å². The molecule has 0 spiro atoms. The van der Waals surface area contributed by atoms with Gasteiger partial charge in [-0.15, -0.1) is 11.3 Å². The highest BCUT2D eigenvalue weighted by Crippen LogP contribution is 2.22. The quantitative estimate of drug-likeness (QED) is 0.190. The fraction of sp³-hybridized carbons (Fsp3) is 0.176. The van der Waals surface area contributed by atoms with Crippen LogP contribution in [0.4, 0.5) is 10.7 Å². The molecule has 0 fully saturated rings. The van der Waals surface area contributed by atoms with Crippen LogP contribution in [0.5, 0.6) is 0 Å². The van der Waals surface area contributed by atoms with Gasteiger partial charge in [0.25, 0.3) is 5.91 Å². The van der Waals surface area contributed by atoms with Gasteiger partial charge < -0.3 is 26.9 Å². The van der Waals surface area contributed by atoms with E-state index in [2.05, 4.69) is 21.1 Å². The number of hydrogen-bond acceptors (Lipinski definition) is 6. The lowest BCUT2D eigenvalue weighted by Gasteiger charge is -2.07. The average molecular weight is 389 g/mol. The number of nitrogens with one attached hydrogen (secondary N) is 3. The third-order valence-corrected chi connectivity index (χ3v) is 4.41. The number of nitrogens with two attached hydrogens (primary N) is 1. The van der Waals surface area contributed by atoms with E-state index in [0.29, 0.717) is 22.7 Å². The summed E-state index contributed by atoms with van der Waals surface area (Å²) in [6.07, 6.45) is 1.73. The van der Waals surface area contributed by atoms with Crippen molar-refractivity contribution in [2.24, 2.45) is 10.9 Å². The van der Waals surface area contributed by atoms with Gasteiger partial charge in [-0.25, -0.2) is 0 Å². The molecule has 9 nitrogen and oxygen atoms in total. The first-order valence-electron chi connectivity index (χ1n) is 7.95. The number of carboxylic acid groups (broad SMARTS) is 1. The lowest BCUT2D eigenvalue weighted by Crippen LogP contribution is -2.32. The molecule has 6 N–H and O–H groups in total. The predicted molar refractivity (Wildman–Crippen MR) is 104 cm³/mol. The molecule has 1 aromatic heterocycles. The Hall–Kier alpha value is -3.40. The molecule has 0 bridgehead atoms. The van der Waals surface area contributed by atoms with E-state index >= 15 is 0 Å². The molecule has 27 heavy (non-hydrogen) atoms. The minimum absolute atomic E-state index is 0.0367. The summed E-state index contributed by atoms with van der Waals surface area (Å²) in [5, 5.41) is 20.6. The van der Waals surface area contributed by atoms with Crippen LogP contribution in [-0.4, -0.2) is 35.8 Å². The van der Waals surface area contributed by atoms with Gasteiger partial charge in [0.05, 0.1) is 18.0 Å². The number of aliphatic carboxylic acids is 1. The van der Waals surface area contributed by atoms with Gasteiger partial charge in [0, 0.05) is 16.1 Å². The van der Waals surface area contributed by atoms with Crippen molar-refractivity contribution in [1.82, 2.24) is 5.32 Å². The number of carbonyl (C=O) groups excluding carboxylic acids is 2. The monoisotopic (exact) mass is 389 g/mol. The number of anilines is 2. The summed E-state index contributed by atoms with van der Waals surface area (Å²) >= 11 is 1.30. The zero-order chi connectivity index (χ0) is 19.6. The SMILES string of the molecule is NN=CNc1cccc(C(=O)NCC(=O)Nc2ccc(CCC(=O)O)s2)c1. The largest absolute Gasteiger partial charge is 0.481 e. The summed E-state index contributed by atoms with van der Waals surface area (Å²) in [6.45, 7) is -0.191. The molecular formula is C17H19N5O4S. The summed E-state index contributed by atoms with van der Waals surface area (Å²) in [5.41, 5.74) is 1.01. The molecule has 10 heteroatoms. The van der Waals surface area contributed by atoms with E-state index in [0.717, 1.165) is 4.88 Å². The van der Waals surface area contributed by atoms with E-state index in [1.807, 2.05) is 0 Å². The Morgan fingerprint density at radius 1 is 1.22 bits per heavy atom. The zero-order valence-corrected chi connectivity index (χ0v) is 15.1. The van der Waals surface area contributed by atoms with Gasteiger partial charge in [0.2, 0.25) is 5.91 Å². The summed E-state index contributed by atoms with van der Waals surface area (Å²) in [5.74, 6) is 3.37. The number of benzene rings is 1. The second kappa shape index (κ2) is 9.92. The van der Waals surface area contributed by atoms with E-state index in [1.54, 1.807) is 36.4 Å². The Morgan fingerprint density at radius 2 is 2.04 bits per heavy atom. The number of aryl methyl sites for hydroxylation is 1. The first kappa shape index (κ1) is 19.9. The van der Waals surface area contributed by atoms with E-state index in [4.69, 9.17) is 10.9 Å². The maximum absolute atomic E-state index is 12.2. The van der Waals surface area contributed by atoms with Gasteiger partial charge in [-0.05, 0) is 36.8 Å². The number of rotatable bonds is 9. The van der Waals surface area contributed by atoms with Crippen molar-refractivity contribution in [2.45, 2.75) is 12.8 Å². The van der Waals surface area contributed by atoms with E-state index in [1.165, 1.54) is 17.7 Å². The highest BCUT2D eigenvalue weighted by molar-refractivity contribution is 7.16. The third-order valence-electron chi connectivity index (χ3n) is 3.35. The van der Waals surface area contributed by atoms with Gasteiger partial charge in [-0.2, -0.15) is 5.10 Å². The number of carboxylic acids is 1. The van der Waals surface area contributed by atoms with Crippen LogP contribution < -0.4 is 21.8 Å². The normalized spacial score (nSPS) is 10.5. The average Bonchev–Trinajstić information content (AvgIpc) is 3.10. The summed E-state index contributed by atoms with van der Waals surface area (Å²) in [4.78, 5) is 35.6. The van der Waals surface area contributed by atoms with Crippen molar-refractivity contribution in [1.29, 1.82) is 0 Å². The zero-order valence-electron chi connectivity index (χ0n) is 14.3. The molecule has 2 rings (SSSR count). The van der Waals surface area contributed by atoms with Crippen LogP contribution in [0.15, 0.2) is 41.5 Å². The Morgan fingerprint density at radius 3 is 2.78 bits per heavy atom. The van der Waals surface area contributed by atoms with Crippen LogP contribution >= 0.6 is 11.3 Å². The van der Waals surface area contributed by atoms with Gasteiger partial charge in [-0.1, -0.05) is 6.07 Å². The van der Waals surface area contributed by atoms with Crippen molar-refractivity contribution in [3.05, 3.63) is 46.8 Å². The molecule has 2 amide bonds. The molecule has 1 aromatic carbocycles. The smallest absolute Gasteiger partial charge is 0.303 e. The number of hydrogen-bond donors (Lipinski definition) is 5. The van der Waals surface area contributed by atoms with Crippen molar-refractivity contribution < 1.29 is 19.5 Å². The Balaban J connectivity index is 1.83. The molecule has 0 atom stereocenters. The number of thiophene rings is 1. The molecular weight excluding hydrogens is 370 g/mol. The summed E-state index contributed by atoms with van der Waals surface area (Å²) in [6, 6.07) is 10.1. The Labute approximate surface area is 159 Å². The molecule has 142 valence electrons. The van der Waals surface area contributed by atoms with Crippen molar-refractivity contribution in [3.63, 3.8) is 0 Å². The fourth-order valence-corrected chi connectivity index (χ4v) is 3.04. The number of nitrogens with zero attached hydrogens (tertiary/aromatic N) is 1. The second-order valence-electron chi connectivity index (χ2n) is 5.39. The Bertz CT molecular complexity index is 849. The van der Waals surface area contributed by atoms with Crippen LogP contribution in [0, 0.1) is 0 Å². The summed E-state index contributed by atoms with van der Waals surface area (Å²) in [7, 11) is 0. The highest BCUT2D eigenvalue weighted by Gasteiger charge is 2.10. The number of carbonyl (C=O) groups is 3. The predicted octanol–water partition coefficient (Wildman–Crippen LogP) is 1.45. The molecule has 0 aliphatic carbocycles. The van der Waals surface area contributed by atoms with Crippen LogP contribution in [0.2, 0.25) is 0 Å². The number of amides is 2. The summed E-state index contributed by atoms with van der Waals surface area (Å²) < 4.78 is 0. The van der Waals surface area contributed by atoms with Gasteiger partial charge in [0.15, 0.2) is 0 Å². The molecule has 0 aliphatic rings. The minimum Gasteiger partial charge on any atom is -0.481 e. The maximum atomic E-state index is 12.2. The molecule has 1 heterocycles. The van der Waals surface area contributed by atoms with Crippen molar-refractivity contribution in [3.8, 4) is 0 Å². The Kier molecular flexibility index (Phi) is 7.32. The highest BCUT2D eigenvalue weighted by atomic mass is 32.1. The van der Waals surface area contributed by atoms with Crippen molar-refractivity contribution in [2.75, 3.05) is 17.2 Å². The third kappa shape index (κ3) is 6.78. The molecule has 0 saturated carbocycles. The lowest BCUT2D eigenvalue weighted by atomic mass is 10.2. The van der Waals surface area contributed by atoms with E-state index in [-0.39, 0.29) is 18.9 Å². The van der Waals surface area contributed by atoms with Crippen LogP contribution in [0.3, 0.4) is 0 Å². The molecule has 0 aliphatic heterocycles. The minimum atomic E-state index is -0.869. The molecule has 0 unspecified atom stereocenters. The fourth-order valence-electron chi connectivity index (χ4n) is 2.12. The van der Waals surface area contributed by atoms with Gasteiger partial charge in [0.1, 0.15) is 6.34 Å². The van der Waals surface area contributed by atoms with Crippen LogP contribution in [0.25, 0.3) is 0 Å². The first-order chi connectivity index (χ1) is 13.0. The number of hydrazone groups is 1. The van der Waals surface area contributed by atoms with Crippen LogP contribution in [-0.2, 0) is 16.0 Å². The first-order valence-corrected chi connectivity index (χ1v) is 8.76. The maximum Gasteiger partial charge on any atom is 0.303 e. The van der Waals surface area contributed by atoms with E-state index < -0.39 is 11.9 Å². The topological polar surface area (TPSA) is 146 Å². The molecule has 0 radical (unpaired) electrons. The van der Waals surface area contributed by atoms with Gasteiger partial charge in [-0.3, -0.25) is 14.4 Å². The molecule has 2 aromatic rings. The second-order valence-corrected chi connectivity index (χ2v) is 6.56. The molecule has 0 saturated heterocycles. The lowest BCUT2D eigenvalue weighted by molar-refractivity contribution is -0.136. The van der Waals surface area contributed by atoms with Crippen molar-refractivity contribution >= 4 is 46.1 Å². The van der Waals surface area contributed by atoms with Crippen LogP contribution in [0.1, 0.15) is 21.7 Å².